The van der Waals surface area contributed by atoms with Gasteiger partial charge >= 0.3 is 0 Å². The molecule has 1 saturated heterocycles. The second kappa shape index (κ2) is 8.60. The summed E-state index contributed by atoms with van der Waals surface area (Å²) >= 11 is 6.02. The topological polar surface area (TPSA) is 75.4 Å². The lowest BCUT2D eigenvalue weighted by Gasteiger charge is -2.27. The minimum atomic E-state index is -0.672. The number of carbonyl (C=O) groups excluding carboxylic acids is 2. The maximum Gasteiger partial charge on any atom is 0.246 e. The highest BCUT2D eigenvalue weighted by atomic mass is 35.5. The predicted octanol–water partition coefficient (Wildman–Crippen LogP) is 2.32. The molecule has 1 aromatic rings. The van der Waals surface area contributed by atoms with Crippen LogP contribution in [0.3, 0.4) is 0 Å². The standard InChI is InChI=1S/C18H26ClN3O2/c1-12(2)9-15(20)17(23)22(18(24)16-7-4-8-21-16)11-13-5-3-6-14(19)10-13/h3,5-6,10,12,15-16,21H,4,7-9,11,20H2,1-2H3/t15-,16+/m1/s1. The lowest BCUT2D eigenvalue weighted by molar-refractivity contribution is -0.147. The van der Waals surface area contributed by atoms with Gasteiger partial charge in [-0.1, -0.05) is 37.6 Å². The van der Waals surface area contributed by atoms with E-state index < -0.39 is 6.04 Å². The molecule has 24 heavy (non-hydrogen) atoms. The fourth-order valence-electron chi connectivity index (χ4n) is 2.97. The van der Waals surface area contributed by atoms with E-state index in [4.69, 9.17) is 17.3 Å². The highest BCUT2D eigenvalue weighted by molar-refractivity contribution is 6.30. The third kappa shape index (κ3) is 5.03. The first-order valence-corrected chi connectivity index (χ1v) is 8.85. The van der Waals surface area contributed by atoms with E-state index in [-0.39, 0.29) is 30.3 Å². The van der Waals surface area contributed by atoms with Gasteiger partial charge in [-0.3, -0.25) is 14.5 Å². The van der Waals surface area contributed by atoms with E-state index in [1.165, 1.54) is 4.90 Å². The summed E-state index contributed by atoms with van der Waals surface area (Å²) in [5.41, 5.74) is 6.87. The minimum absolute atomic E-state index is 0.197. The van der Waals surface area contributed by atoms with Crippen molar-refractivity contribution in [3.8, 4) is 0 Å². The summed E-state index contributed by atoms with van der Waals surface area (Å²) in [6.45, 7) is 5.01. The fraction of sp³-hybridized carbons (Fsp3) is 0.556. The van der Waals surface area contributed by atoms with Crippen molar-refractivity contribution in [3.63, 3.8) is 0 Å². The third-order valence-corrected chi connectivity index (χ3v) is 4.40. The molecule has 2 amide bonds. The number of nitrogens with two attached hydrogens (primary N) is 1. The van der Waals surface area contributed by atoms with E-state index >= 15 is 0 Å². The summed E-state index contributed by atoms with van der Waals surface area (Å²) in [5, 5.41) is 3.74. The first-order chi connectivity index (χ1) is 11.4. The number of nitrogens with zero attached hydrogens (tertiary/aromatic N) is 1. The Balaban J connectivity index is 2.19. The summed E-state index contributed by atoms with van der Waals surface area (Å²) in [6.07, 6.45) is 2.24. The quantitative estimate of drug-likeness (QED) is 0.824. The Morgan fingerprint density at radius 2 is 2.17 bits per heavy atom. The number of benzene rings is 1. The lowest BCUT2D eigenvalue weighted by Crippen LogP contribution is -2.51. The Morgan fingerprint density at radius 3 is 2.75 bits per heavy atom. The number of rotatable bonds is 6. The lowest BCUT2D eigenvalue weighted by atomic mass is 10.0. The van der Waals surface area contributed by atoms with E-state index in [9.17, 15) is 9.59 Å². The van der Waals surface area contributed by atoms with Gasteiger partial charge in [-0.2, -0.15) is 0 Å². The third-order valence-electron chi connectivity index (χ3n) is 4.16. The van der Waals surface area contributed by atoms with Gasteiger partial charge in [0.05, 0.1) is 18.6 Å². The second-order valence-corrected chi connectivity index (χ2v) is 7.21. The van der Waals surface area contributed by atoms with Crippen molar-refractivity contribution in [2.75, 3.05) is 6.54 Å². The molecule has 5 nitrogen and oxygen atoms in total. The van der Waals surface area contributed by atoms with Crippen LogP contribution in [0.2, 0.25) is 5.02 Å². The Morgan fingerprint density at radius 1 is 1.42 bits per heavy atom. The van der Waals surface area contributed by atoms with Crippen LogP contribution in [-0.4, -0.2) is 35.3 Å². The van der Waals surface area contributed by atoms with Crippen molar-refractivity contribution < 1.29 is 9.59 Å². The molecule has 0 radical (unpaired) electrons. The summed E-state index contributed by atoms with van der Waals surface area (Å²) in [7, 11) is 0. The highest BCUT2D eigenvalue weighted by Gasteiger charge is 2.33. The van der Waals surface area contributed by atoms with Crippen LogP contribution in [0.25, 0.3) is 0 Å². The van der Waals surface area contributed by atoms with Gasteiger partial charge in [-0.15, -0.1) is 0 Å². The van der Waals surface area contributed by atoms with Gasteiger partial charge in [0.25, 0.3) is 0 Å². The molecule has 1 aliphatic rings. The molecule has 0 aliphatic carbocycles. The van der Waals surface area contributed by atoms with Crippen molar-refractivity contribution in [1.29, 1.82) is 0 Å². The Kier molecular flexibility index (Phi) is 6.78. The molecule has 132 valence electrons. The average molecular weight is 352 g/mol. The number of nitrogens with one attached hydrogen (secondary N) is 1. The molecule has 2 rings (SSSR count). The molecule has 1 aliphatic heterocycles. The van der Waals surface area contributed by atoms with Crippen LogP contribution < -0.4 is 11.1 Å². The smallest absolute Gasteiger partial charge is 0.246 e. The largest absolute Gasteiger partial charge is 0.320 e. The Labute approximate surface area is 148 Å². The van der Waals surface area contributed by atoms with E-state index in [0.29, 0.717) is 11.4 Å². The molecule has 2 atom stereocenters. The molecular formula is C18H26ClN3O2. The summed E-state index contributed by atoms with van der Waals surface area (Å²) in [6, 6.07) is 6.23. The molecular weight excluding hydrogens is 326 g/mol. The maximum absolute atomic E-state index is 12.8. The monoisotopic (exact) mass is 351 g/mol. The first-order valence-electron chi connectivity index (χ1n) is 8.47. The summed E-state index contributed by atoms with van der Waals surface area (Å²) in [4.78, 5) is 26.9. The van der Waals surface area contributed by atoms with E-state index in [1.807, 2.05) is 26.0 Å². The zero-order valence-corrected chi connectivity index (χ0v) is 15.1. The van der Waals surface area contributed by atoms with Gasteiger partial charge in [-0.25, -0.2) is 0 Å². The van der Waals surface area contributed by atoms with Crippen molar-refractivity contribution in [1.82, 2.24) is 10.2 Å². The van der Waals surface area contributed by atoms with Gasteiger partial charge < -0.3 is 11.1 Å². The van der Waals surface area contributed by atoms with Crippen LogP contribution >= 0.6 is 11.6 Å². The van der Waals surface area contributed by atoms with E-state index in [0.717, 1.165) is 24.9 Å². The molecule has 0 aromatic heterocycles. The van der Waals surface area contributed by atoms with Gasteiger partial charge in [0, 0.05) is 5.02 Å². The average Bonchev–Trinajstić information content (AvgIpc) is 3.05. The number of amides is 2. The minimum Gasteiger partial charge on any atom is -0.320 e. The number of hydrogen-bond donors (Lipinski definition) is 2. The van der Waals surface area contributed by atoms with Crippen molar-refractivity contribution in [2.45, 2.75) is 51.7 Å². The first kappa shape index (κ1) is 18.9. The predicted molar refractivity (Wildman–Crippen MR) is 95.5 cm³/mol. The highest BCUT2D eigenvalue weighted by Crippen LogP contribution is 2.17. The Bertz CT molecular complexity index is 585. The summed E-state index contributed by atoms with van der Waals surface area (Å²) < 4.78 is 0. The molecule has 3 N–H and O–H groups in total. The number of hydrogen-bond acceptors (Lipinski definition) is 4. The number of imide groups is 1. The molecule has 0 unspecified atom stereocenters. The molecule has 1 heterocycles. The SMILES string of the molecule is CC(C)C[C@@H](N)C(=O)N(Cc1cccc(Cl)c1)C(=O)[C@@H]1CCCN1. The van der Waals surface area contributed by atoms with E-state index in [2.05, 4.69) is 5.32 Å². The molecule has 6 heteroatoms. The fourth-order valence-corrected chi connectivity index (χ4v) is 3.19. The molecule has 0 bridgehead atoms. The van der Waals surface area contributed by atoms with Crippen LogP contribution in [0.15, 0.2) is 24.3 Å². The van der Waals surface area contributed by atoms with Gasteiger partial charge in [0.2, 0.25) is 11.8 Å². The summed E-state index contributed by atoms with van der Waals surface area (Å²) in [5.74, 6) is -0.226. The van der Waals surface area contributed by atoms with Crippen molar-refractivity contribution in [2.24, 2.45) is 11.7 Å². The zero-order valence-electron chi connectivity index (χ0n) is 14.3. The molecule has 0 saturated carbocycles. The second-order valence-electron chi connectivity index (χ2n) is 6.78. The van der Waals surface area contributed by atoms with Gasteiger partial charge in [0.1, 0.15) is 0 Å². The van der Waals surface area contributed by atoms with Crippen LogP contribution in [0, 0.1) is 5.92 Å². The molecule has 1 aromatic carbocycles. The van der Waals surface area contributed by atoms with Crippen LogP contribution in [-0.2, 0) is 16.1 Å². The normalized spacial score (nSPS) is 18.6. The molecule has 1 fully saturated rings. The molecule has 0 spiro atoms. The van der Waals surface area contributed by atoms with Gasteiger partial charge in [-0.05, 0) is 49.4 Å². The van der Waals surface area contributed by atoms with Crippen LogP contribution in [0.4, 0.5) is 0 Å². The van der Waals surface area contributed by atoms with Crippen LogP contribution in [0.5, 0.6) is 0 Å². The Hall–Kier alpha value is -1.43. The van der Waals surface area contributed by atoms with Crippen LogP contribution in [0.1, 0.15) is 38.7 Å². The number of halogens is 1. The van der Waals surface area contributed by atoms with Gasteiger partial charge in [0.15, 0.2) is 0 Å². The maximum atomic E-state index is 12.8. The zero-order chi connectivity index (χ0) is 17.7. The number of carbonyl (C=O) groups is 2. The van der Waals surface area contributed by atoms with Crippen molar-refractivity contribution >= 4 is 23.4 Å². The van der Waals surface area contributed by atoms with E-state index in [1.54, 1.807) is 12.1 Å². The van der Waals surface area contributed by atoms with Crippen molar-refractivity contribution in [3.05, 3.63) is 34.9 Å².